The van der Waals surface area contributed by atoms with Gasteiger partial charge in [-0.05, 0) is 36.9 Å². The van der Waals surface area contributed by atoms with Crippen molar-refractivity contribution in [1.29, 1.82) is 0 Å². The first-order chi connectivity index (χ1) is 10.9. The zero-order chi connectivity index (χ0) is 16.9. The van der Waals surface area contributed by atoms with Crippen LogP contribution in [0.15, 0.2) is 44.5 Å². The van der Waals surface area contributed by atoms with Gasteiger partial charge in [-0.15, -0.1) is 11.3 Å². The van der Waals surface area contributed by atoms with Gasteiger partial charge < -0.3 is 9.73 Å². The summed E-state index contributed by atoms with van der Waals surface area (Å²) in [4.78, 5) is 11.9. The lowest BCUT2D eigenvalue weighted by atomic mass is 10.2. The van der Waals surface area contributed by atoms with Crippen molar-refractivity contribution >= 4 is 27.3 Å². The Labute approximate surface area is 140 Å². The molecule has 0 saturated heterocycles. The first kappa shape index (κ1) is 17.7. The number of carbonyl (C=O) groups is 1. The van der Waals surface area contributed by atoms with Crippen LogP contribution < -0.4 is 5.32 Å². The summed E-state index contributed by atoms with van der Waals surface area (Å²) in [5, 5.41) is 4.55. The van der Waals surface area contributed by atoms with Crippen LogP contribution in [0.1, 0.15) is 31.6 Å². The molecule has 0 radical (unpaired) electrons. The third-order valence-electron chi connectivity index (χ3n) is 3.38. The normalized spacial score (nSPS) is 13.2. The second-order valence-corrected chi connectivity index (χ2v) is 8.39. The molecule has 0 aliphatic carbocycles. The van der Waals surface area contributed by atoms with Crippen LogP contribution in [-0.4, -0.2) is 32.2 Å². The van der Waals surface area contributed by atoms with Gasteiger partial charge in [0.05, 0.1) is 12.3 Å². The summed E-state index contributed by atoms with van der Waals surface area (Å²) in [7, 11) is -1.92. The molecule has 1 unspecified atom stereocenters. The molecule has 1 amide bonds. The zero-order valence-electron chi connectivity index (χ0n) is 13.1. The zero-order valence-corrected chi connectivity index (χ0v) is 14.7. The second-order valence-electron chi connectivity index (χ2n) is 5.17. The Bertz CT molecular complexity index is 709. The summed E-state index contributed by atoms with van der Waals surface area (Å²) in [6.45, 7) is 2.13. The molecule has 0 fully saturated rings. The first-order valence-electron chi connectivity index (χ1n) is 7.24. The number of thiophene rings is 1. The molecule has 1 atom stereocenters. The van der Waals surface area contributed by atoms with E-state index >= 15 is 0 Å². The van der Waals surface area contributed by atoms with Crippen molar-refractivity contribution in [2.45, 2.75) is 30.0 Å². The van der Waals surface area contributed by atoms with E-state index in [0.717, 1.165) is 0 Å². The minimum Gasteiger partial charge on any atom is -0.467 e. The van der Waals surface area contributed by atoms with Gasteiger partial charge in [0.25, 0.3) is 10.0 Å². The molecule has 2 aromatic rings. The van der Waals surface area contributed by atoms with Crippen molar-refractivity contribution in [3.05, 3.63) is 41.7 Å². The molecule has 8 heteroatoms. The highest BCUT2D eigenvalue weighted by Crippen LogP contribution is 2.20. The standard InChI is InChI=1S/C15H20N2O4S2/c1-12(13-6-4-10-21-13)16-14(18)7-3-9-17(2)23(19,20)15-8-5-11-22-15/h4-6,8,10-12H,3,7,9H2,1-2H3,(H,16,18). The molecule has 0 spiro atoms. The van der Waals surface area contributed by atoms with Gasteiger partial charge in [0.15, 0.2) is 0 Å². The lowest BCUT2D eigenvalue weighted by Gasteiger charge is -2.16. The van der Waals surface area contributed by atoms with E-state index in [0.29, 0.717) is 22.9 Å². The van der Waals surface area contributed by atoms with Crippen LogP contribution in [0, 0.1) is 0 Å². The van der Waals surface area contributed by atoms with Crippen molar-refractivity contribution in [2.24, 2.45) is 0 Å². The Morgan fingerprint density at radius 1 is 1.39 bits per heavy atom. The maximum Gasteiger partial charge on any atom is 0.252 e. The fraction of sp³-hybridized carbons (Fsp3) is 0.400. The lowest BCUT2D eigenvalue weighted by molar-refractivity contribution is -0.122. The third kappa shape index (κ3) is 4.66. The Morgan fingerprint density at radius 2 is 2.17 bits per heavy atom. The highest BCUT2D eigenvalue weighted by Gasteiger charge is 2.21. The average Bonchev–Trinajstić information content (AvgIpc) is 3.20. The molecule has 1 N–H and O–H groups in total. The van der Waals surface area contributed by atoms with E-state index in [1.807, 2.05) is 6.92 Å². The van der Waals surface area contributed by atoms with Crippen LogP contribution in [0.2, 0.25) is 0 Å². The highest BCUT2D eigenvalue weighted by molar-refractivity contribution is 7.91. The Morgan fingerprint density at radius 3 is 2.78 bits per heavy atom. The van der Waals surface area contributed by atoms with E-state index in [1.165, 1.54) is 22.7 Å². The van der Waals surface area contributed by atoms with Crippen molar-refractivity contribution < 1.29 is 17.6 Å². The van der Waals surface area contributed by atoms with Gasteiger partial charge in [-0.2, -0.15) is 0 Å². The molecule has 2 rings (SSSR count). The first-order valence-corrected chi connectivity index (χ1v) is 9.56. The number of furan rings is 1. The van der Waals surface area contributed by atoms with E-state index in [4.69, 9.17) is 4.42 Å². The van der Waals surface area contributed by atoms with Crippen LogP contribution in [0.4, 0.5) is 0 Å². The van der Waals surface area contributed by atoms with E-state index in [-0.39, 0.29) is 18.4 Å². The van der Waals surface area contributed by atoms with Gasteiger partial charge in [-0.1, -0.05) is 6.07 Å². The summed E-state index contributed by atoms with van der Waals surface area (Å²) >= 11 is 1.19. The molecular formula is C15H20N2O4S2. The van der Waals surface area contributed by atoms with Crippen molar-refractivity contribution in [1.82, 2.24) is 9.62 Å². The van der Waals surface area contributed by atoms with Crippen LogP contribution >= 0.6 is 11.3 Å². The number of amides is 1. The van der Waals surface area contributed by atoms with Crippen molar-refractivity contribution in [3.8, 4) is 0 Å². The molecule has 2 heterocycles. The number of nitrogens with one attached hydrogen (secondary N) is 1. The number of rotatable bonds is 8. The molecule has 0 aromatic carbocycles. The van der Waals surface area contributed by atoms with Crippen molar-refractivity contribution in [3.63, 3.8) is 0 Å². The predicted molar refractivity (Wildman–Crippen MR) is 88.6 cm³/mol. The van der Waals surface area contributed by atoms with Crippen LogP contribution in [0.5, 0.6) is 0 Å². The van der Waals surface area contributed by atoms with Crippen LogP contribution in [-0.2, 0) is 14.8 Å². The largest absolute Gasteiger partial charge is 0.467 e. The molecule has 126 valence electrons. The van der Waals surface area contributed by atoms with Gasteiger partial charge in [0.1, 0.15) is 9.97 Å². The van der Waals surface area contributed by atoms with Gasteiger partial charge >= 0.3 is 0 Å². The fourth-order valence-electron chi connectivity index (χ4n) is 2.07. The molecule has 0 saturated carbocycles. The predicted octanol–water partition coefficient (Wildman–Crippen LogP) is 2.62. The highest BCUT2D eigenvalue weighted by atomic mass is 32.2. The van der Waals surface area contributed by atoms with Crippen LogP contribution in [0.3, 0.4) is 0 Å². The van der Waals surface area contributed by atoms with E-state index < -0.39 is 10.0 Å². The molecule has 6 nitrogen and oxygen atoms in total. The maximum atomic E-state index is 12.2. The van der Waals surface area contributed by atoms with E-state index in [2.05, 4.69) is 5.32 Å². The number of nitrogens with zero attached hydrogens (tertiary/aromatic N) is 1. The minimum atomic E-state index is -3.45. The molecule has 2 aromatic heterocycles. The molecule has 0 aliphatic rings. The smallest absolute Gasteiger partial charge is 0.252 e. The molecular weight excluding hydrogens is 336 g/mol. The summed E-state index contributed by atoms with van der Waals surface area (Å²) < 4.78 is 31.3. The van der Waals surface area contributed by atoms with Gasteiger partial charge in [-0.25, -0.2) is 12.7 Å². The number of hydrogen-bond donors (Lipinski definition) is 1. The topological polar surface area (TPSA) is 79.6 Å². The van der Waals surface area contributed by atoms with Gasteiger partial charge in [-0.3, -0.25) is 4.79 Å². The monoisotopic (exact) mass is 356 g/mol. The molecule has 0 aliphatic heterocycles. The quantitative estimate of drug-likeness (QED) is 0.788. The Balaban J connectivity index is 1.77. The maximum absolute atomic E-state index is 12.2. The molecule has 23 heavy (non-hydrogen) atoms. The average molecular weight is 356 g/mol. The van der Waals surface area contributed by atoms with Crippen molar-refractivity contribution in [2.75, 3.05) is 13.6 Å². The lowest BCUT2D eigenvalue weighted by Crippen LogP contribution is -2.30. The van der Waals surface area contributed by atoms with Gasteiger partial charge in [0.2, 0.25) is 5.91 Å². The summed E-state index contributed by atoms with van der Waals surface area (Å²) in [5.74, 6) is 0.562. The number of sulfonamides is 1. The van der Waals surface area contributed by atoms with Gasteiger partial charge in [0, 0.05) is 20.0 Å². The van der Waals surface area contributed by atoms with E-state index in [9.17, 15) is 13.2 Å². The van der Waals surface area contributed by atoms with E-state index in [1.54, 1.807) is 35.9 Å². The number of hydrogen-bond acceptors (Lipinski definition) is 5. The second kappa shape index (κ2) is 7.76. The summed E-state index contributed by atoms with van der Waals surface area (Å²) in [6, 6.07) is 6.64. The Kier molecular flexibility index (Phi) is 5.97. The SMILES string of the molecule is CC(NC(=O)CCCN(C)S(=O)(=O)c1cccs1)c1ccco1. The fourth-order valence-corrected chi connectivity index (χ4v) is 4.48. The summed E-state index contributed by atoms with van der Waals surface area (Å²) in [6.07, 6.45) is 2.27. The third-order valence-corrected chi connectivity index (χ3v) is 6.61. The van der Waals surface area contributed by atoms with Crippen LogP contribution in [0.25, 0.3) is 0 Å². The minimum absolute atomic E-state index is 0.129. The number of carbonyl (C=O) groups excluding carboxylic acids is 1. The summed E-state index contributed by atoms with van der Waals surface area (Å²) in [5.41, 5.74) is 0. The Hall–Kier alpha value is -1.64. The molecule has 0 bridgehead atoms.